The van der Waals surface area contributed by atoms with Crippen LogP contribution >= 0.6 is 0 Å². The Balaban J connectivity index is 3.06. The summed E-state index contributed by atoms with van der Waals surface area (Å²) in [5.41, 5.74) is 0. The van der Waals surface area contributed by atoms with E-state index in [1.165, 1.54) is 141 Å². The second-order valence-electron chi connectivity index (χ2n) is 9.34. The van der Waals surface area contributed by atoms with Crippen LogP contribution in [0, 0.1) is 5.92 Å². The Labute approximate surface area is 196 Å². The molecule has 0 unspecified atom stereocenters. The van der Waals surface area contributed by atoms with Crippen molar-refractivity contribution in [2.24, 2.45) is 5.92 Å². The predicted octanol–water partition coefficient (Wildman–Crippen LogP) is 10.3. The van der Waals surface area contributed by atoms with Crippen LogP contribution in [0.15, 0.2) is 9.66 Å². The number of rotatable bonds is 23. The number of hydrogen-bond acceptors (Lipinski definition) is 0. The monoisotopic (exact) mass is 579 g/mol. The summed E-state index contributed by atoms with van der Waals surface area (Å²) in [7, 11) is 0. The van der Waals surface area contributed by atoms with Crippen LogP contribution in [0.1, 0.15) is 155 Å². The van der Waals surface area contributed by atoms with Crippen molar-refractivity contribution in [3.8, 4) is 0 Å². The van der Waals surface area contributed by atoms with Gasteiger partial charge in [0.25, 0.3) is 0 Å². The Kier molecular flexibility index (Phi) is 24.5. The second-order valence-corrected chi connectivity index (χ2v) is 13.2. The van der Waals surface area contributed by atoms with Gasteiger partial charge in [-0.25, -0.2) is 0 Å². The quantitative estimate of drug-likeness (QED) is 0.0836. The van der Waals surface area contributed by atoms with Crippen molar-refractivity contribution in [2.45, 2.75) is 155 Å². The van der Waals surface area contributed by atoms with Gasteiger partial charge < -0.3 is 0 Å². The minimum atomic E-state index is 0.813. The fourth-order valence-corrected chi connectivity index (χ4v) is 5.31. The summed E-state index contributed by atoms with van der Waals surface area (Å²) in [6, 6.07) is 0. The fourth-order valence-electron chi connectivity index (χ4n) is 4.33. The summed E-state index contributed by atoms with van der Waals surface area (Å²) in [4.78, 5) is 0. The molecule has 0 aliphatic rings. The number of hydrogen-bond donors (Lipinski definition) is 0. The van der Waals surface area contributed by atoms with Gasteiger partial charge in [-0.2, -0.15) is 0 Å². The Morgan fingerprint density at radius 2 is 0.821 bits per heavy atom. The third-order valence-corrected chi connectivity index (χ3v) is 7.92. The topological polar surface area (TPSA) is 0 Å². The normalized spacial score (nSPS) is 11.5. The SMILES string of the molecule is C=[C]([Hg])CCCCCCCCCCCCCCCCCCCCC(CC)CC. The zero-order valence-electron chi connectivity index (χ0n) is 20.0. The van der Waals surface area contributed by atoms with Crippen LogP contribution in [-0.4, -0.2) is 0 Å². The summed E-state index contributed by atoms with van der Waals surface area (Å²) in [5, 5.41) is 0. The zero-order chi connectivity index (χ0) is 20.7. The summed E-state index contributed by atoms with van der Waals surface area (Å²) in [6.07, 6.45) is 32.1. The van der Waals surface area contributed by atoms with Crippen LogP contribution in [-0.2, 0) is 26.1 Å². The first-order chi connectivity index (χ1) is 13.7. The van der Waals surface area contributed by atoms with Gasteiger partial charge in [-0.1, -0.05) is 84.5 Å². The van der Waals surface area contributed by atoms with Crippen LogP contribution in [0.3, 0.4) is 0 Å². The Hall–Kier alpha value is 0.675. The smallest absolute Gasteiger partial charge is 0.0651 e. The van der Waals surface area contributed by atoms with E-state index in [1.54, 1.807) is 3.08 Å². The van der Waals surface area contributed by atoms with E-state index < -0.39 is 0 Å². The molecule has 0 saturated carbocycles. The van der Waals surface area contributed by atoms with Crippen LogP contribution in [0.4, 0.5) is 0 Å². The Bertz CT molecular complexity index is 305. The first kappa shape index (κ1) is 28.7. The van der Waals surface area contributed by atoms with Gasteiger partial charge in [0.2, 0.25) is 0 Å². The average Bonchev–Trinajstić information content (AvgIpc) is 2.69. The molecule has 0 saturated heterocycles. The van der Waals surface area contributed by atoms with Gasteiger partial charge in [-0.15, -0.1) is 0 Å². The minimum absolute atomic E-state index is 0.813. The molecule has 0 bridgehead atoms. The molecule has 0 fully saturated rings. The summed E-state index contributed by atoms with van der Waals surface area (Å²) >= 11 is 0.813. The maximum atomic E-state index is 4.07. The maximum absolute atomic E-state index is 4.07. The van der Waals surface area contributed by atoms with Gasteiger partial charge >= 0.3 is 106 Å². The van der Waals surface area contributed by atoms with E-state index in [2.05, 4.69) is 20.4 Å². The average molecular weight is 578 g/mol. The Morgan fingerprint density at radius 3 is 1.11 bits per heavy atom. The van der Waals surface area contributed by atoms with E-state index in [0.717, 1.165) is 32.0 Å². The summed E-state index contributed by atoms with van der Waals surface area (Å²) in [5.74, 6) is 0.998. The van der Waals surface area contributed by atoms with E-state index in [0.29, 0.717) is 0 Å². The molecule has 0 aliphatic carbocycles. The molecule has 0 aromatic heterocycles. The van der Waals surface area contributed by atoms with Gasteiger partial charge in [0.1, 0.15) is 0 Å². The van der Waals surface area contributed by atoms with Crippen LogP contribution in [0.25, 0.3) is 0 Å². The van der Waals surface area contributed by atoms with Gasteiger partial charge in [0.15, 0.2) is 0 Å². The minimum Gasteiger partial charge on any atom is -0.0651 e. The first-order valence-corrected chi connectivity index (χ1v) is 15.9. The molecule has 163 valence electrons. The predicted molar refractivity (Wildman–Crippen MR) is 126 cm³/mol. The number of unbranched alkanes of at least 4 members (excludes halogenated alkanes) is 17. The van der Waals surface area contributed by atoms with Crippen molar-refractivity contribution >= 4 is 0 Å². The van der Waals surface area contributed by atoms with E-state index in [-0.39, 0.29) is 0 Å². The first-order valence-electron chi connectivity index (χ1n) is 13.2. The molecule has 0 spiro atoms. The molecule has 0 N–H and O–H groups in total. The van der Waals surface area contributed by atoms with Gasteiger partial charge in [-0.3, -0.25) is 0 Å². The molecule has 1 heteroatoms. The molecule has 0 rings (SSSR count). The molecule has 0 atom stereocenters. The molecule has 0 amide bonds. The molecular weight excluding hydrogens is 525 g/mol. The molecule has 0 heterocycles. The van der Waals surface area contributed by atoms with Crippen molar-refractivity contribution in [3.63, 3.8) is 0 Å². The van der Waals surface area contributed by atoms with Gasteiger partial charge in [0, 0.05) is 0 Å². The van der Waals surface area contributed by atoms with E-state index in [1.807, 2.05) is 0 Å². The molecule has 28 heavy (non-hydrogen) atoms. The third-order valence-electron chi connectivity index (χ3n) is 6.55. The van der Waals surface area contributed by atoms with Crippen LogP contribution in [0.5, 0.6) is 0 Å². The number of allylic oxidation sites excluding steroid dienone is 1. The molecule has 0 aromatic rings. The van der Waals surface area contributed by atoms with E-state index in [4.69, 9.17) is 0 Å². The van der Waals surface area contributed by atoms with Crippen molar-refractivity contribution in [1.82, 2.24) is 0 Å². The molecule has 0 aromatic carbocycles. The van der Waals surface area contributed by atoms with Crippen LogP contribution < -0.4 is 0 Å². The van der Waals surface area contributed by atoms with E-state index in [9.17, 15) is 0 Å². The van der Waals surface area contributed by atoms with Crippen molar-refractivity contribution < 1.29 is 26.1 Å². The summed E-state index contributed by atoms with van der Waals surface area (Å²) < 4.78 is 1.54. The standard InChI is InChI=1S/C27H53.Hg/c1-4-7-8-9-10-11-12-13-14-15-16-17-18-19-20-21-22-23-24-25-26-27(5-2)6-3;/h27H,1,5-26H2,2-3H3;. The molecular formula is C27H53Hg. The van der Waals surface area contributed by atoms with Gasteiger partial charge in [0.05, 0.1) is 0 Å². The Morgan fingerprint density at radius 1 is 0.536 bits per heavy atom. The summed E-state index contributed by atoms with van der Waals surface area (Å²) in [6.45, 7) is 8.77. The second kappa shape index (κ2) is 23.9. The third kappa shape index (κ3) is 23.0. The van der Waals surface area contributed by atoms with Crippen molar-refractivity contribution in [2.75, 3.05) is 0 Å². The molecule has 0 aliphatic heterocycles. The van der Waals surface area contributed by atoms with Crippen molar-refractivity contribution in [1.29, 1.82) is 0 Å². The van der Waals surface area contributed by atoms with Crippen molar-refractivity contribution in [3.05, 3.63) is 9.66 Å². The van der Waals surface area contributed by atoms with E-state index >= 15 is 0 Å². The van der Waals surface area contributed by atoms with Gasteiger partial charge in [-0.05, 0) is 5.92 Å². The zero-order valence-corrected chi connectivity index (χ0v) is 25.5. The molecule has 0 radical (unpaired) electrons. The fraction of sp³-hybridized carbons (Fsp3) is 0.926. The van der Waals surface area contributed by atoms with Crippen LogP contribution in [0.2, 0.25) is 0 Å². The molecule has 0 nitrogen and oxygen atoms in total.